The number of likely N-dealkylation sites (tertiary alicyclic amines) is 1. The van der Waals surface area contributed by atoms with E-state index in [0.29, 0.717) is 31.0 Å². The number of benzene rings is 1. The maximum absolute atomic E-state index is 12.9. The number of nitrogens with one attached hydrogen (secondary N) is 1. The Hall–Kier alpha value is -2.99. The number of thiazole rings is 1. The van der Waals surface area contributed by atoms with Gasteiger partial charge in [0.15, 0.2) is 0 Å². The topological polar surface area (TPSA) is 98.5 Å². The molecule has 7 nitrogen and oxygen atoms in total. The Morgan fingerprint density at radius 1 is 1.32 bits per heavy atom. The summed E-state index contributed by atoms with van der Waals surface area (Å²) in [6.45, 7) is 5.56. The summed E-state index contributed by atoms with van der Waals surface area (Å²) in [6.07, 6.45) is 9.98. The van der Waals surface area contributed by atoms with Crippen LogP contribution in [0.4, 0.5) is 4.79 Å². The molecule has 2 atom stereocenters. The van der Waals surface area contributed by atoms with Crippen molar-refractivity contribution in [3.63, 3.8) is 0 Å². The van der Waals surface area contributed by atoms with Crippen LogP contribution in [0.3, 0.4) is 0 Å². The van der Waals surface area contributed by atoms with Crippen LogP contribution in [0, 0.1) is 17.2 Å². The molecule has 0 saturated carbocycles. The van der Waals surface area contributed by atoms with Crippen molar-refractivity contribution in [2.24, 2.45) is 5.92 Å². The number of fused-ring (bicyclic) bond motifs is 1. The maximum atomic E-state index is 12.9. The van der Waals surface area contributed by atoms with Crippen LogP contribution in [0.2, 0.25) is 0 Å². The first-order chi connectivity index (χ1) is 18.0. The average Bonchev–Trinajstić information content (AvgIpc) is 3.56. The van der Waals surface area contributed by atoms with Crippen molar-refractivity contribution in [1.82, 2.24) is 15.2 Å². The molecule has 1 aromatic heterocycles. The molecule has 1 fully saturated rings. The number of carbonyl (C=O) groups excluding carboxylic acids is 1. The summed E-state index contributed by atoms with van der Waals surface area (Å²) in [4.78, 5) is 20.6. The van der Waals surface area contributed by atoms with Gasteiger partial charge in [-0.15, -0.1) is 11.3 Å². The summed E-state index contributed by atoms with van der Waals surface area (Å²) >= 11 is 1.64. The number of allylic oxidation sites excluding steroid dienone is 2. The number of aromatic nitrogens is 1. The van der Waals surface area contributed by atoms with Gasteiger partial charge in [-0.1, -0.05) is 24.3 Å². The summed E-state index contributed by atoms with van der Waals surface area (Å²) < 4.78 is 5.89. The smallest absolute Gasteiger partial charge is 0.317 e. The van der Waals surface area contributed by atoms with Crippen LogP contribution in [-0.4, -0.2) is 52.9 Å². The summed E-state index contributed by atoms with van der Waals surface area (Å²) in [5.74, 6) is 0.310. The van der Waals surface area contributed by atoms with Crippen molar-refractivity contribution in [2.75, 3.05) is 19.7 Å². The number of amides is 2. The van der Waals surface area contributed by atoms with E-state index in [9.17, 15) is 15.2 Å². The van der Waals surface area contributed by atoms with Crippen LogP contribution >= 0.6 is 11.3 Å². The van der Waals surface area contributed by atoms with Gasteiger partial charge in [0.25, 0.3) is 0 Å². The Morgan fingerprint density at radius 2 is 2.14 bits per heavy atom. The van der Waals surface area contributed by atoms with Crippen molar-refractivity contribution < 1.29 is 14.6 Å². The zero-order valence-electron chi connectivity index (χ0n) is 21.4. The molecule has 2 heterocycles. The predicted octanol–water partition coefficient (Wildman–Crippen LogP) is 5.24. The lowest BCUT2D eigenvalue weighted by molar-refractivity contribution is 0.0327. The van der Waals surface area contributed by atoms with Gasteiger partial charge in [0.05, 0.1) is 34.8 Å². The highest BCUT2D eigenvalue weighted by Gasteiger charge is 2.30. The van der Waals surface area contributed by atoms with E-state index < -0.39 is 0 Å². The third-order valence-electron chi connectivity index (χ3n) is 7.52. The Balaban J connectivity index is 1.30. The molecule has 1 aromatic carbocycles. The minimum atomic E-state index is -0.196. The molecule has 0 bridgehead atoms. The predicted molar refractivity (Wildman–Crippen MR) is 145 cm³/mol. The molecule has 3 aliphatic rings. The van der Waals surface area contributed by atoms with Gasteiger partial charge in [-0.2, -0.15) is 5.26 Å². The number of ether oxygens (including phenoxy) is 1. The molecule has 37 heavy (non-hydrogen) atoms. The lowest BCUT2D eigenvalue weighted by Gasteiger charge is -2.32. The number of rotatable bonds is 6. The summed E-state index contributed by atoms with van der Waals surface area (Å²) in [5.41, 5.74) is 5.24. The Morgan fingerprint density at radius 3 is 2.86 bits per heavy atom. The van der Waals surface area contributed by atoms with Crippen molar-refractivity contribution >= 4 is 22.9 Å². The molecule has 8 heteroatoms. The molecule has 2 aliphatic carbocycles. The second-order valence-electron chi connectivity index (χ2n) is 10.3. The number of piperidine rings is 1. The Bertz CT molecular complexity index is 1250. The molecule has 0 radical (unpaired) electrons. The molecule has 2 aromatic rings. The molecule has 194 valence electrons. The fourth-order valence-corrected chi connectivity index (χ4v) is 6.50. The second kappa shape index (κ2) is 11.2. The number of hydrogen-bond donors (Lipinski definition) is 2. The number of nitriles is 1. The normalized spacial score (nSPS) is 21.9. The Kier molecular flexibility index (Phi) is 7.75. The third-order valence-corrected chi connectivity index (χ3v) is 8.60. The van der Waals surface area contributed by atoms with Crippen LogP contribution in [0.1, 0.15) is 61.7 Å². The van der Waals surface area contributed by atoms with Crippen LogP contribution in [0.5, 0.6) is 0 Å². The van der Waals surface area contributed by atoms with Gasteiger partial charge in [-0.3, -0.25) is 0 Å². The fraction of sp³-hybridized carbons (Fsp3) is 0.483. The van der Waals surface area contributed by atoms with Gasteiger partial charge in [0, 0.05) is 31.5 Å². The first-order valence-electron chi connectivity index (χ1n) is 13.2. The Labute approximate surface area is 222 Å². The standard InChI is InChI=1S/C29H34N4O3S/c1-18(2)36-26-9-6-20(14-21(26)15-30)28-31-16-27(37-28)24-5-3-4-23-22(24)7-8-25(23)32-29(35)33-12-10-19(17-34)11-13-33/h3-6,14,16,18-19,25-26,34H,7-13,17H2,1-2H3,(H,32,35)/t25-,26?/m0/s1. The van der Waals surface area contributed by atoms with Gasteiger partial charge in [0.1, 0.15) is 5.01 Å². The zero-order chi connectivity index (χ0) is 25.9. The highest BCUT2D eigenvalue weighted by Crippen LogP contribution is 2.41. The van der Waals surface area contributed by atoms with E-state index in [2.05, 4.69) is 35.7 Å². The van der Waals surface area contributed by atoms with E-state index in [1.165, 1.54) is 16.7 Å². The lowest BCUT2D eigenvalue weighted by atomic mass is 9.97. The van der Waals surface area contributed by atoms with Crippen LogP contribution in [0.15, 0.2) is 42.1 Å². The number of carbonyl (C=O) groups is 1. The lowest BCUT2D eigenvalue weighted by Crippen LogP contribution is -2.45. The van der Waals surface area contributed by atoms with Crippen LogP contribution in [0.25, 0.3) is 16.0 Å². The largest absolute Gasteiger partial charge is 0.396 e. The van der Waals surface area contributed by atoms with Gasteiger partial charge in [-0.25, -0.2) is 9.78 Å². The molecule has 0 spiro atoms. The zero-order valence-corrected chi connectivity index (χ0v) is 22.3. The van der Waals surface area contributed by atoms with E-state index in [1.54, 1.807) is 11.3 Å². The maximum Gasteiger partial charge on any atom is 0.317 e. The fourth-order valence-electron chi connectivity index (χ4n) is 5.52. The molecule has 1 unspecified atom stereocenters. The van der Waals surface area contributed by atoms with Crippen molar-refractivity contribution in [3.8, 4) is 16.5 Å². The van der Waals surface area contributed by atoms with Gasteiger partial charge >= 0.3 is 6.03 Å². The summed E-state index contributed by atoms with van der Waals surface area (Å²) in [6, 6.07) is 8.62. The molecule has 2 amide bonds. The first kappa shape index (κ1) is 25.7. The highest BCUT2D eigenvalue weighted by atomic mass is 32.1. The monoisotopic (exact) mass is 518 g/mol. The second-order valence-corrected chi connectivity index (χ2v) is 11.4. The summed E-state index contributed by atoms with van der Waals surface area (Å²) in [7, 11) is 0. The minimum absolute atomic E-state index is 0.00507. The van der Waals surface area contributed by atoms with E-state index in [0.717, 1.165) is 41.1 Å². The number of nitrogens with zero attached hydrogens (tertiary/aromatic N) is 3. The molecule has 5 rings (SSSR count). The molecular weight excluding hydrogens is 484 g/mol. The van der Waals surface area contributed by atoms with Gasteiger partial charge in [0.2, 0.25) is 0 Å². The van der Waals surface area contributed by atoms with Crippen molar-refractivity contribution in [3.05, 3.63) is 58.3 Å². The van der Waals surface area contributed by atoms with E-state index in [4.69, 9.17) is 9.72 Å². The molecular formula is C29H34N4O3S. The number of hydrogen-bond acceptors (Lipinski definition) is 6. The molecule has 2 N–H and O–H groups in total. The SMILES string of the molecule is CC(C)OC1CC=C(c2ncc(-c3cccc4c3CC[C@@H]4NC(=O)N3CCC(CO)CC3)s2)C=C1C#N. The van der Waals surface area contributed by atoms with Gasteiger partial charge in [-0.05, 0) is 74.6 Å². The minimum Gasteiger partial charge on any atom is -0.396 e. The quantitative estimate of drug-likeness (QED) is 0.545. The van der Waals surface area contributed by atoms with Crippen molar-refractivity contribution in [1.29, 1.82) is 5.26 Å². The molecule has 1 saturated heterocycles. The molecule has 1 aliphatic heterocycles. The van der Waals surface area contributed by atoms with E-state index >= 15 is 0 Å². The third kappa shape index (κ3) is 5.49. The van der Waals surface area contributed by atoms with Crippen molar-refractivity contribution in [2.45, 2.75) is 64.2 Å². The number of aliphatic hydroxyl groups is 1. The number of aliphatic hydroxyl groups excluding tert-OH is 1. The van der Waals surface area contributed by atoms with Crippen LogP contribution < -0.4 is 5.32 Å². The van der Waals surface area contributed by atoms with E-state index in [-0.39, 0.29) is 30.9 Å². The van der Waals surface area contributed by atoms with Gasteiger partial charge < -0.3 is 20.1 Å². The average molecular weight is 519 g/mol. The van der Waals surface area contributed by atoms with E-state index in [1.807, 2.05) is 31.0 Å². The van der Waals surface area contributed by atoms with Crippen LogP contribution in [-0.2, 0) is 11.2 Å². The first-order valence-corrected chi connectivity index (χ1v) is 14.0. The highest BCUT2D eigenvalue weighted by molar-refractivity contribution is 7.16. The summed E-state index contributed by atoms with van der Waals surface area (Å²) in [5, 5.41) is 23.2. The number of urea groups is 1.